The molecule has 0 spiro atoms. The van der Waals surface area contributed by atoms with E-state index in [1.807, 2.05) is 18.2 Å². The molecule has 1 atom stereocenters. The predicted octanol–water partition coefficient (Wildman–Crippen LogP) is 4.08. The number of halogens is 3. The van der Waals surface area contributed by atoms with Gasteiger partial charge < -0.3 is 5.32 Å². The zero-order chi connectivity index (χ0) is 20.1. The van der Waals surface area contributed by atoms with E-state index in [-0.39, 0.29) is 5.69 Å². The van der Waals surface area contributed by atoms with Crippen LogP contribution in [-0.4, -0.2) is 30.4 Å². The van der Waals surface area contributed by atoms with Crippen LogP contribution in [0.4, 0.5) is 11.6 Å². The van der Waals surface area contributed by atoms with Gasteiger partial charge in [-0.15, -0.1) is 0 Å². The van der Waals surface area contributed by atoms with Crippen molar-refractivity contribution < 1.29 is 0 Å². The molecule has 0 saturated heterocycles. The maximum atomic E-state index is 12.6. The molecular weight excluding hydrogens is 437 g/mol. The fourth-order valence-corrected chi connectivity index (χ4v) is 4.15. The number of aromatic nitrogens is 6. The molecule has 0 unspecified atom stereocenters. The van der Waals surface area contributed by atoms with E-state index in [9.17, 15) is 4.79 Å². The third-order valence-electron chi connectivity index (χ3n) is 4.65. The Balaban J connectivity index is 1.86. The van der Waals surface area contributed by atoms with E-state index in [1.165, 1.54) is 0 Å². The maximum absolute atomic E-state index is 12.6. The summed E-state index contributed by atoms with van der Waals surface area (Å²) < 4.78 is 1.55. The summed E-state index contributed by atoms with van der Waals surface area (Å²) in [5.41, 5.74) is 2.17. The molecule has 0 radical (unpaired) electrons. The number of H-pyrrole nitrogens is 1. The topological polar surface area (TPSA) is 101 Å². The van der Waals surface area contributed by atoms with Crippen LogP contribution in [0.1, 0.15) is 17.2 Å². The number of hydrogen-bond donors (Lipinski definition) is 2. The lowest BCUT2D eigenvalue weighted by Crippen LogP contribution is -2.29. The number of fused-ring (bicyclic) bond motifs is 2. The van der Waals surface area contributed by atoms with Gasteiger partial charge in [0.1, 0.15) is 17.4 Å². The first-order chi connectivity index (χ1) is 14.0. The number of nitrogens with one attached hydrogen (secondary N) is 2. The third-order valence-corrected chi connectivity index (χ3v) is 5.55. The average Bonchev–Trinajstić information content (AvgIpc) is 3.17. The Labute approximate surface area is 178 Å². The van der Waals surface area contributed by atoms with Crippen molar-refractivity contribution in [3.63, 3.8) is 0 Å². The quantitative estimate of drug-likeness (QED) is 0.424. The summed E-state index contributed by atoms with van der Waals surface area (Å²) in [6.07, 6.45) is 0. The molecule has 8 nitrogen and oxygen atoms in total. The Hall–Kier alpha value is -2.94. The van der Waals surface area contributed by atoms with Gasteiger partial charge in [-0.05, 0) is 34.7 Å². The second-order valence-electron chi connectivity index (χ2n) is 6.31. The van der Waals surface area contributed by atoms with Gasteiger partial charge in [-0.2, -0.15) is 9.78 Å². The summed E-state index contributed by atoms with van der Waals surface area (Å²) in [6.45, 7) is 0. The first-order valence-corrected chi connectivity index (χ1v) is 9.55. The smallest absolute Gasteiger partial charge is 0.288 e. The molecule has 1 aliphatic rings. The summed E-state index contributed by atoms with van der Waals surface area (Å²) in [4.78, 5) is 12.6. The van der Waals surface area contributed by atoms with Crippen LogP contribution in [0.25, 0.3) is 11.3 Å². The van der Waals surface area contributed by atoms with Gasteiger partial charge in [0.2, 0.25) is 5.95 Å². The van der Waals surface area contributed by atoms with E-state index >= 15 is 0 Å². The minimum absolute atomic E-state index is 0.272. The van der Waals surface area contributed by atoms with Crippen molar-refractivity contribution in [1.29, 1.82) is 0 Å². The van der Waals surface area contributed by atoms with Crippen LogP contribution in [0.5, 0.6) is 0 Å². The summed E-state index contributed by atoms with van der Waals surface area (Å²) in [5.74, 6) is 0.312. The fourth-order valence-electron chi connectivity index (χ4n) is 3.41. The van der Waals surface area contributed by atoms with Crippen molar-refractivity contribution in [2.24, 2.45) is 0 Å². The van der Waals surface area contributed by atoms with Crippen molar-refractivity contribution in [3.05, 3.63) is 79.0 Å². The highest BCUT2D eigenvalue weighted by Crippen LogP contribution is 2.44. The van der Waals surface area contributed by atoms with Gasteiger partial charge in [0, 0.05) is 26.7 Å². The fraction of sp³-hybridized carbons (Fsp3) is 0.0556. The Morgan fingerprint density at radius 1 is 1.03 bits per heavy atom. The molecule has 0 amide bonds. The molecule has 0 fully saturated rings. The SMILES string of the molecule is O=c1[nH]nc(-c2ccc(Cl)cc2Cl)c2c1Nc1nnnn1[C@@H]2c1ccccc1Cl. The van der Waals surface area contributed by atoms with Crippen LogP contribution < -0.4 is 10.9 Å². The molecule has 144 valence electrons. The number of aromatic amines is 1. The van der Waals surface area contributed by atoms with Crippen LogP contribution in [-0.2, 0) is 0 Å². The average molecular weight is 447 g/mol. The normalized spacial score (nSPS) is 14.8. The van der Waals surface area contributed by atoms with Crippen molar-refractivity contribution in [3.8, 4) is 11.3 Å². The Kier molecular flexibility index (Phi) is 4.27. The molecule has 0 aliphatic carbocycles. The predicted molar refractivity (Wildman–Crippen MR) is 110 cm³/mol. The molecule has 2 aromatic carbocycles. The van der Waals surface area contributed by atoms with E-state index in [0.29, 0.717) is 43.4 Å². The molecule has 4 aromatic rings. The lowest BCUT2D eigenvalue weighted by molar-refractivity contribution is 0.567. The summed E-state index contributed by atoms with van der Waals surface area (Å²) >= 11 is 19.0. The van der Waals surface area contributed by atoms with Gasteiger partial charge >= 0.3 is 0 Å². The maximum Gasteiger partial charge on any atom is 0.288 e. The monoisotopic (exact) mass is 445 g/mol. The second-order valence-corrected chi connectivity index (χ2v) is 7.56. The van der Waals surface area contributed by atoms with Gasteiger partial charge in [-0.1, -0.05) is 58.1 Å². The van der Waals surface area contributed by atoms with Crippen LogP contribution in [0, 0.1) is 0 Å². The standard InChI is InChI=1S/C18H10Cl3N7O/c19-8-5-6-9(12(21)7-8)14-13-15(17(29)24-23-14)22-18-25-26-27-28(18)16(13)10-3-1-2-4-11(10)20/h1-7,16H,(H,24,29)(H,22,25,27)/t16-/m1/s1. The summed E-state index contributed by atoms with van der Waals surface area (Å²) in [6, 6.07) is 11.7. The molecule has 11 heteroatoms. The van der Waals surface area contributed by atoms with Crippen molar-refractivity contribution in [2.45, 2.75) is 6.04 Å². The Morgan fingerprint density at radius 3 is 2.66 bits per heavy atom. The number of nitrogens with zero attached hydrogens (tertiary/aromatic N) is 5. The highest BCUT2D eigenvalue weighted by molar-refractivity contribution is 6.36. The van der Waals surface area contributed by atoms with Crippen molar-refractivity contribution in [1.82, 2.24) is 30.4 Å². The molecule has 3 heterocycles. The van der Waals surface area contributed by atoms with E-state index in [4.69, 9.17) is 34.8 Å². The Morgan fingerprint density at radius 2 is 1.86 bits per heavy atom. The number of benzene rings is 2. The highest BCUT2D eigenvalue weighted by Gasteiger charge is 2.35. The van der Waals surface area contributed by atoms with Crippen LogP contribution in [0.15, 0.2) is 47.3 Å². The molecule has 5 rings (SSSR count). The molecule has 29 heavy (non-hydrogen) atoms. The summed E-state index contributed by atoms with van der Waals surface area (Å²) in [5, 5.41) is 22.9. The highest BCUT2D eigenvalue weighted by atomic mass is 35.5. The van der Waals surface area contributed by atoms with E-state index in [2.05, 4.69) is 31.0 Å². The number of hydrogen-bond acceptors (Lipinski definition) is 6. The van der Waals surface area contributed by atoms with Crippen LogP contribution in [0.3, 0.4) is 0 Å². The molecule has 1 aliphatic heterocycles. The van der Waals surface area contributed by atoms with E-state index in [1.54, 1.807) is 28.9 Å². The number of tetrazole rings is 1. The first kappa shape index (κ1) is 18.1. The molecular formula is C18H10Cl3N7O. The second kappa shape index (κ2) is 6.84. The molecule has 2 aromatic heterocycles. The van der Waals surface area contributed by atoms with Crippen molar-refractivity contribution >= 4 is 46.4 Å². The lowest BCUT2D eigenvalue weighted by Gasteiger charge is -2.28. The molecule has 0 saturated carbocycles. The largest absolute Gasteiger partial charge is 0.318 e. The number of anilines is 2. The molecule has 2 N–H and O–H groups in total. The third kappa shape index (κ3) is 2.88. The van der Waals surface area contributed by atoms with Crippen LogP contribution in [0.2, 0.25) is 15.1 Å². The number of rotatable bonds is 2. The van der Waals surface area contributed by atoms with Gasteiger partial charge in [-0.25, -0.2) is 5.10 Å². The van der Waals surface area contributed by atoms with E-state index in [0.717, 1.165) is 0 Å². The lowest BCUT2D eigenvalue weighted by atomic mass is 9.92. The minimum atomic E-state index is -0.596. The van der Waals surface area contributed by atoms with E-state index < -0.39 is 11.6 Å². The van der Waals surface area contributed by atoms with Gasteiger partial charge in [0.25, 0.3) is 5.56 Å². The van der Waals surface area contributed by atoms with Gasteiger partial charge in [-0.3, -0.25) is 4.79 Å². The first-order valence-electron chi connectivity index (χ1n) is 8.42. The summed E-state index contributed by atoms with van der Waals surface area (Å²) in [7, 11) is 0. The Bertz CT molecular complexity index is 1320. The zero-order valence-corrected chi connectivity index (χ0v) is 16.7. The molecule has 0 bridgehead atoms. The van der Waals surface area contributed by atoms with Crippen molar-refractivity contribution in [2.75, 3.05) is 5.32 Å². The van der Waals surface area contributed by atoms with Gasteiger partial charge in [0.05, 0.1) is 5.02 Å². The van der Waals surface area contributed by atoms with Crippen LogP contribution >= 0.6 is 34.8 Å². The van der Waals surface area contributed by atoms with Gasteiger partial charge in [0.15, 0.2) is 0 Å². The minimum Gasteiger partial charge on any atom is -0.318 e. The zero-order valence-electron chi connectivity index (χ0n) is 14.4.